The molecule has 0 aromatic carbocycles. The van der Waals surface area contributed by atoms with E-state index < -0.39 is 37.1 Å². The standard InChI is InChI=1S/C10H16N2O5S3/c1-6(12-10(13)7(2)19(3,14)15)8-4-5-9(18-8)20(11,16)17/h4-7H,1-3H3,(H,12,13)(H2,11,16,17). The van der Waals surface area contributed by atoms with Gasteiger partial charge in [-0.2, -0.15) is 0 Å². The Balaban J connectivity index is 2.85. The van der Waals surface area contributed by atoms with E-state index in [0.717, 1.165) is 17.6 Å². The number of nitrogens with one attached hydrogen (secondary N) is 1. The summed E-state index contributed by atoms with van der Waals surface area (Å²) in [6, 6.07) is 2.37. The average Bonchev–Trinajstić information content (AvgIpc) is 2.75. The van der Waals surface area contributed by atoms with Crippen molar-refractivity contribution in [2.45, 2.75) is 29.3 Å². The predicted octanol–water partition coefficient (Wildman–Crippen LogP) is 0.00580. The maximum absolute atomic E-state index is 11.7. The van der Waals surface area contributed by atoms with Crippen LogP contribution in [0.3, 0.4) is 0 Å². The third-order valence-corrected chi connectivity index (χ3v) is 6.88. The molecule has 0 saturated carbocycles. The van der Waals surface area contributed by atoms with Crippen LogP contribution in [0, 0.1) is 0 Å². The van der Waals surface area contributed by atoms with Crippen LogP contribution in [-0.4, -0.2) is 34.2 Å². The highest BCUT2D eigenvalue weighted by Gasteiger charge is 2.25. The van der Waals surface area contributed by atoms with E-state index in [0.29, 0.717) is 4.88 Å². The number of sulfone groups is 1. The van der Waals surface area contributed by atoms with Gasteiger partial charge in [-0.25, -0.2) is 22.0 Å². The zero-order valence-corrected chi connectivity index (χ0v) is 13.6. The molecule has 0 aliphatic rings. The number of amides is 1. The fourth-order valence-electron chi connectivity index (χ4n) is 1.32. The highest BCUT2D eigenvalue weighted by molar-refractivity contribution is 7.92. The van der Waals surface area contributed by atoms with Crippen molar-refractivity contribution < 1.29 is 21.6 Å². The molecular weight excluding hydrogens is 324 g/mol. The summed E-state index contributed by atoms with van der Waals surface area (Å²) in [5.74, 6) is -0.634. The van der Waals surface area contributed by atoms with E-state index in [1.165, 1.54) is 19.1 Å². The third kappa shape index (κ3) is 4.27. The summed E-state index contributed by atoms with van der Waals surface area (Å²) in [4.78, 5) is 12.3. The molecule has 0 saturated heterocycles. The van der Waals surface area contributed by atoms with Crippen LogP contribution >= 0.6 is 11.3 Å². The number of carbonyl (C=O) groups is 1. The first-order valence-electron chi connectivity index (χ1n) is 5.54. The molecule has 0 radical (unpaired) electrons. The van der Waals surface area contributed by atoms with Crippen LogP contribution < -0.4 is 10.5 Å². The smallest absolute Gasteiger partial charge is 0.247 e. The first-order valence-corrected chi connectivity index (χ1v) is 9.86. The molecule has 0 bridgehead atoms. The lowest BCUT2D eigenvalue weighted by molar-refractivity contribution is -0.121. The summed E-state index contributed by atoms with van der Waals surface area (Å²) in [6.45, 7) is 2.92. The van der Waals surface area contributed by atoms with Crippen LogP contribution in [0.15, 0.2) is 16.3 Å². The minimum Gasteiger partial charge on any atom is -0.348 e. The number of nitrogens with two attached hydrogens (primary N) is 1. The summed E-state index contributed by atoms with van der Waals surface area (Å²) in [7, 11) is -7.25. The summed E-state index contributed by atoms with van der Waals surface area (Å²) < 4.78 is 44.8. The summed E-state index contributed by atoms with van der Waals surface area (Å²) in [5, 5.41) is 6.35. The number of thiophene rings is 1. The molecule has 3 N–H and O–H groups in total. The van der Waals surface area contributed by atoms with Crippen LogP contribution in [0.2, 0.25) is 0 Å². The lowest BCUT2D eigenvalue weighted by Crippen LogP contribution is -2.38. The van der Waals surface area contributed by atoms with E-state index in [-0.39, 0.29) is 4.21 Å². The van der Waals surface area contributed by atoms with Crippen LogP contribution in [0.4, 0.5) is 0 Å². The Hall–Kier alpha value is -0.970. The molecule has 2 atom stereocenters. The molecule has 10 heteroatoms. The monoisotopic (exact) mass is 340 g/mol. The molecule has 0 spiro atoms. The lowest BCUT2D eigenvalue weighted by Gasteiger charge is -2.15. The van der Waals surface area contributed by atoms with Gasteiger partial charge in [0.1, 0.15) is 9.46 Å². The SMILES string of the molecule is CC(NC(=O)C(C)S(C)(=O)=O)c1ccc(S(N)(=O)=O)s1. The number of hydrogen-bond donors (Lipinski definition) is 2. The number of sulfonamides is 1. The fraction of sp³-hybridized carbons (Fsp3) is 0.500. The lowest BCUT2D eigenvalue weighted by atomic mass is 10.2. The second-order valence-corrected chi connectivity index (χ2v) is 9.67. The second-order valence-electron chi connectivity index (χ2n) is 4.40. The Labute approximate surface area is 122 Å². The minimum absolute atomic E-state index is 0.00948. The highest BCUT2D eigenvalue weighted by atomic mass is 32.2. The first kappa shape index (κ1) is 17.1. The van der Waals surface area contributed by atoms with Crippen LogP contribution in [0.25, 0.3) is 0 Å². The van der Waals surface area contributed by atoms with Gasteiger partial charge in [-0.1, -0.05) is 0 Å². The third-order valence-electron chi connectivity index (χ3n) is 2.68. The van der Waals surface area contributed by atoms with Crippen LogP contribution in [0.5, 0.6) is 0 Å². The minimum atomic E-state index is -3.77. The van der Waals surface area contributed by atoms with Gasteiger partial charge in [0.15, 0.2) is 9.84 Å². The Kier molecular flexibility index (Phi) is 4.95. The molecule has 0 aliphatic carbocycles. The molecule has 1 heterocycles. The Morgan fingerprint density at radius 2 is 1.80 bits per heavy atom. The van der Waals surface area contributed by atoms with Crippen molar-refractivity contribution in [2.75, 3.05) is 6.26 Å². The van der Waals surface area contributed by atoms with Gasteiger partial charge < -0.3 is 5.32 Å². The van der Waals surface area contributed by atoms with Crippen LogP contribution in [0.1, 0.15) is 24.8 Å². The zero-order chi connectivity index (χ0) is 15.7. The molecule has 114 valence electrons. The quantitative estimate of drug-likeness (QED) is 0.781. The molecule has 1 amide bonds. The summed E-state index contributed by atoms with van der Waals surface area (Å²) in [6.07, 6.45) is 0.978. The van der Waals surface area contributed by atoms with Crippen molar-refractivity contribution in [1.82, 2.24) is 5.32 Å². The molecule has 0 aliphatic heterocycles. The van der Waals surface area contributed by atoms with E-state index in [1.807, 2.05) is 0 Å². The first-order chi connectivity index (χ1) is 8.93. The van der Waals surface area contributed by atoms with Gasteiger partial charge in [-0.15, -0.1) is 11.3 Å². The van der Waals surface area contributed by atoms with Crippen molar-refractivity contribution in [3.8, 4) is 0 Å². The molecule has 0 fully saturated rings. The van der Waals surface area contributed by atoms with Crippen molar-refractivity contribution >= 4 is 37.1 Å². The molecule has 1 aromatic heterocycles. The van der Waals surface area contributed by atoms with Gasteiger partial charge in [-0.05, 0) is 26.0 Å². The Morgan fingerprint density at radius 3 is 2.20 bits per heavy atom. The average molecular weight is 340 g/mol. The van der Waals surface area contributed by atoms with Crippen molar-refractivity contribution in [3.63, 3.8) is 0 Å². The summed E-state index contributed by atoms with van der Waals surface area (Å²) in [5.41, 5.74) is 0. The number of carbonyl (C=O) groups excluding carboxylic acids is 1. The molecule has 7 nitrogen and oxygen atoms in total. The fourth-order valence-corrected chi connectivity index (χ4v) is 3.52. The molecule has 1 aromatic rings. The van der Waals surface area contributed by atoms with Gasteiger partial charge in [0.2, 0.25) is 15.9 Å². The molecular formula is C10H16N2O5S3. The molecule has 2 unspecified atom stereocenters. The number of hydrogen-bond acceptors (Lipinski definition) is 6. The van der Waals surface area contributed by atoms with E-state index in [1.54, 1.807) is 6.92 Å². The van der Waals surface area contributed by atoms with Crippen molar-refractivity contribution in [3.05, 3.63) is 17.0 Å². The van der Waals surface area contributed by atoms with E-state index in [9.17, 15) is 21.6 Å². The Bertz CT molecular complexity index is 705. The highest BCUT2D eigenvalue weighted by Crippen LogP contribution is 2.25. The van der Waals surface area contributed by atoms with Crippen molar-refractivity contribution in [1.29, 1.82) is 0 Å². The second kappa shape index (κ2) is 5.80. The molecule has 20 heavy (non-hydrogen) atoms. The largest absolute Gasteiger partial charge is 0.348 e. The normalized spacial score (nSPS) is 15.6. The predicted molar refractivity (Wildman–Crippen MR) is 76.6 cm³/mol. The maximum Gasteiger partial charge on any atom is 0.247 e. The van der Waals surface area contributed by atoms with E-state index >= 15 is 0 Å². The van der Waals surface area contributed by atoms with E-state index in [4.69, 9.17) is 5.14 Å². The topological polar surface area (TPSA) is 123 Å². The van der Waals surface area contributed by atoms with Crippen LogP contribution in [-0.2, 0) is 24.7 Å². The van der Waals surface area contributed by atoms with Gasteiger partial charge in [0.25, 0.3) is 0 Å². The van der Waals surface area contributed by atoms with Gasteiger partial charge in [0.05, 0.1) is 6.04 Å². The number of rotatable bonds is 5. The summed E-state index contributed by atoms with van der Waals surface area (Å²) >= 11 is 0.932. The van der Waals surface area contributed by atoms with E-state index in [2.05, 4.69) is 5.32 Å². The zero-order valence-electron chi connectivity index (χ0n) is 11.2. The van der Waals surface area contributed by atoms with Gasteiger partial charge >= 0.3 is 0 Å². The van der Waals surface area contributed by atoms with Gasteiger partial charge in [-0.3, -0.25) is 4.79 Å². The Morgan fingerprint density at radius 1 is 1.25 bits per heavy atom. The van der Waals surface area contributed by atoms with Gasteiger partial charge in [0, 0.05) is 11.1 Å². The number of primary sulfonamides is 1. The maximum atomic E-state index is 11.7. The molecule has 1 rings (SSSR count). The van der Waals surface area contributed by atoms with Crippen molar-refractivity contribution in [2.24, 2.45) is 5.14 Å².